The molecule has 1 aromatic rings. The van der Waals surface area contributed by atoms with Gasteiger partial charge in [0.15, 0.2) is 0 Å². The summed E-state index contributed by atoms with van der Waals surface area (Å²) in [6, 6.07) is 4.78. The van der Waals surface area contributed by atoms with Crippen LogP contribution in [0.4, 0.5) is 0 Å². The van der Waals surface area contributed by atoms with Crippen molar-refractivity contribution >= 4 is 5.91 Å². The zero-order valence-electron chi connectivity index (χ0n) is 12.2. The molecule has 2 atom stereocenters. The first-order valence-electron chi connectivity index (χ1n) is 7.12. The van der Waals surface area contributed by atoms with Gasteiger partial charge in [-0.15, -0.1) is 0 Å². The minimum Gasteiger partial charge on any atom is -0.337 e. The molecule has 1 aromatic carbocycles. The van der Waals surface area contributed by atoms with Crippen LogP contribution < -0.4 is 0 Å². The molecule has 3 heteroatoms. The maximum Gasteiger partial charge on any atom is 0.254 e. The number of nitrogens with zero attached hydrogens (tertiary/aromatic N) is 2. The average Bonchev–Trinajstić information content (AvgIpc) is 2.77. The Morgan fingerprint density at radius 2 is 2.00 bits per heavy atom. The average molecular weight is 258 g/mol. The van der Waals surface area contributed by atoms with Crippen molar-refractivity contribution in [1.29, 1.82) is 0 Å². The van der Waals surface area contributed by atoms with Gasteiger partial charge in [0.1, 0.15) is 0 Å². The Morgan fingerprint density at radius 3 is 2.68 bits per heavy atom. The standard InChI is InChI=1S/C16H22N2O/c1-5-11-6-10(2)15-12(7-11)13-8-17(3)9-14(13)18(4)16(15)19/h6-7,13-14H,5,8-9H2,1-4H3/t13-,14+/m1/s1. The minimum atomic E-state index is 0.201. The van der Waals surface area contributed by atoms with Crippen molar-refractivity contribution in [3.63, 3.8) is 0 Å². The van der Waals surface area contributed by atoms with Crippen LogP contribution in [0.1, 0.15) is 39.9 Å². The number of likely N-dealkylation sites (N-methyl/N-ethyl adjacent to an activating group) is 2. The molecule has 0 unspecified atom stereocenters. The number of hydrogen-bond donors (Lipinski definition) is 0. The second kappa shape index (κ2) is 4.34. The van der Waals surface area contributed by atoms with E-state index in [9.17, 15) is 4.79 Å². The lowest BCUT2D eigenvalue weighted by Gasteiger charge is -2.36. The summed E-state index contributed by atoms with van der Waals surface area (Å²) in [5, 5.41) is 0. The highest BCUT2D eigenvalue weighted by Gasteiger charge is 2.43. The number of aryl methyl sites for hydroxylation is 2. The number of benzene rings is 1. The van der Waals surface area contributed by atoms with Crippen LogP contribution in [0.3, 0.4) is 0 Å². The largest absolute Gasteiger partial charge is 0.337 e. The molecular weight excluding hydrogens is 236 g/mol. The van der Waals surface area contributed by atoms with E-state index in [1.54, 1.807) is 0 Å². The zero-order valence-corrected chi connectivity index (χ0v) is 12.2. The van der Waals surface area contributed by atoms with Crippen molar-refractivity contribution in [2.75, 3.05) is 27.2 Å². The van der Waals surface area contributed by atoms with E-state index < -0.39 is 0 Å². The van der Waals surface area contributed by atoms with E-state index in [1.807, 2.05) is 11.9 Å². The molecule has 2 aliphatic rings. The van der Waals surface area contributed by atoms with Gasteiger partial charge in [-0.05, 0) is 37.1 Å². The van der Waals surface area contributed by atoms with Gasteiger partial charge in [-0.3, -0.25) is 4.79 Å². The van der Waals surface area contributed by atoms with Gasteiger partial charge >= 0.3 is 0 Å². The first-order valence-corrected chi connectivity index (χ1v) is 7.12. The lowest BCUT2D eigenvalue weighted by Crippen LogP contribution is -2.46. The quantitative estimate of drug-likeness (QED) is 0.769. The number of rotatable bonds is 1. The SMILES string of the molecule is CCc1cc(C)c2c(c1)[C@H]1CN(C)C[C@@H]1N(C)C2=O. The van der Waals surface area contributed by atoms with Crippen molar-refractivity contribution in [2.24, 2.45) is 0 Å². The summed E-state index contributed by atoms with van der Waals surface area (Å²) in [6.45, 7) is 6.29. The van der Waals surface area contributed by atoms with E-state index >= 15 is 0 Å². The number of hydrogen-bond acceptors (Lipinski definition) is 2. The number of fused-ring (bicyclic) bond motifs is 3. The lowest BCUT2D eigenvalue weighted by molar-refractivity contribution is 0.0700. The fraction of sp³-hybridized carbons (Fsp3) is 0.562. The van der Waals surface area contributed by atoms with E-state index in [0.717, 1.165) is 30.6 Å². The van der Waals surface area contributed by atoms with Crippen LogP contribution in [-0.4, -0.2) is 48.9 Å². The zero-order chi connectivity index (χ0) is 13.7. The fourth-order valence-corrected chi connectivity index (χ4v) is 3.68. The molecular formula is C16H22N2O. The van der Waals surface area contributed by atoms with Crippen LogP contribution in [0, 0.1) is 6.92 Å². The topological polar surface area (TPSA) is 23.6 Å². The van der Waals surface area contributed by atoms with Gasteiger partial charge in [0, 0.05) is 31.6 Å². The molecule has 2 aliphatic heterocycles. The molecule has 2 heterocycles. The van der Waals surface area contributed by atoms with Gasteiger partial charge in [-0.25, -0.2) is 0 Å². The van der Waals surface area contributed by atoms with Gasteiger partial charge in [0.05, 0.1) is 6.04 Å². The van der Waals surface area contributed by atoms with Crippen molar-refractivity contribution in [1.82, 2.24) is 9.80 Å². The normalized spacial score (nSPS) is 26.5. The Hall–Kier alpha value is -1.35. The third-order valence-electron chi connectivity index (χ3n) is 4.74. The highest BCUT2D eigenvalue weighted by atomic mass is 16.2. The number of carbonyl (C=O) groups excluding carboxylic acids is 1. The molecule has 102 valence electrons. The van der Waals surface area contributed by atoms with Crippen LogP contribution in [0.25, 0.3) is 0 Å². The number of likely N-dealkylation sites (tertiary alicyclic amines) is 1. The highest BCUT2D eigenvalue weighted by molar-refractivity contribution is 5.99. The summed E-state index contributed by atoms with van der Waals surface area (Å²) in [6.07, 6.45) is 1.03. The Labute approximate surface area is 115 Å². The molecule has 1 saturated heterocycles. The second-order valence-electron chi connectivity index (χ2n) is 6.04. The van der Waals surface area contributed by atoms with E-state index in [2.05, 4.69) is 37.9 Å². The van der Waals surface area contributed by atoms with E-state index in [4.69, 9.17) is 0 Å². The van der Waals surface area contributed by atoms with Gasteiger partial charge in [0.2, 0.25) is 0 Å². The Bertz CT molecular complexity index is 538. The van der Waals surface area contributed by atoms with Crippen molar-refractivity contribution < 1.29 is 4.79 Å². The maximum atomic E-state index is 12.6. The Kier molecular flexibility index (Phi) is 2.90. The van der Waals surface area contributed by atoms with Crippen molar-refractivity contribution in [2.45, 2.75) is 32.2 Å². The predicted octanol–water partition coefficient (Wildman–Crippen LogP) is 2.04. The molecule has 3 nitrogen and oxygen atoms in total. The third-order valence-corrected chi connectivity index (χ3v) is 4.74. The predicted molar refractivity (Wildman–Crippen MR) is 76.7 cm³/mol. The van der Waals surface area contributed by atoms with Crippen LogP contribution in [0.15, 0.2) is 12.1 Å². The number of amides is 1. The second-order valence-corrected chi connectivity index (χ2v) is 6.04. The summed E-state index contributed by atoms with van der Waals surface area (Å²) in [7, 11) is 4.10. The van der Waals surface area contributed by atoms with E-state index in [-0.39, 0.29) is 5.91 Å². The monoisotopic (exact) mass is 258 g/mol. The molecule has 1 amide bonds. The Balaban J connectivity index is 2.18. The smallest absolute Gasteiger partial charge is 0.254 e. The van der Waals surface area contributed by atoms with E-state index in [1.165, 1.54) is 11.1 Å². The molecule has 0 radical (unpaired) electrons. The minimum absolute atomic E-state index is 0.201. The van der Waals surface area contributed by atoms with E-state index in [0.29, 0.717) is 12.0 Å². The molecule has 3 rings (SSSR count). The molecule has 0 bridgehead atoms. The molecule has 1 fully saturated rings. The summed E-state index contributed by atoms with van der Waals surface area (Å²) < 4.78 is 0. The van der Waals surface area contributed by atoms with Crippen LogP contribution >= 0.6 is 0 Å². The van der Waals surface area contributed by atoms with Gasteiger partial charge in [-0.2, -0.15) is 0 Å². The first kappa shape index (κ1) is 12.7. The van der Waals surface area contributed by atoms with Crippen LogP contribution in [0.2, 0.25) is 0 Å². The molecule has 0 aliphatic carbocycles. The third kappa shape index (κ3) is 1.79. The number of carbonyl (C=O) groups is 1. The summed E-state index contributed by atoms with van der Waals surface area (Å²) >= 11 is 0. The van der Waals surface area contributed by atoms with Gasteiger partial charge in [-0.1, -0.05) is 19.1 Å². The first-order chi connectivity index (χ1) is 9.02. The van der Waals surface area contributed by atoms with Gasteiger partial charge < -0.3 is 9.80 Å². The molecule has 0 aromatic heterocycles. The summed E-state index contributed by atoms with van der Waals surface area (Å²) in [5.74, 6) is 0.680. The molecule has 0 saturated carbocycles. The lowest BCUT2D eigenvalue weighted by atomic mass is 9.82. The summed E-state index contributed by atoms with van der Waals surface area (Å²) in [5.41, 5.74) is 4.73. The van der Waals surface area contributed by atoms with Crippen LogP contribution in [-0.2, 0) is 6.42 Å². The Morgan fingerprint density at radius 1 is 1.26 bits per heavy atom. The molecule has 0 N–H and O–H groups in total. The maximum absolute atomic E-state index is 12.6. The molecule has 0 spiro atoms. The van der Waals surface area contributed by atoms with Crippen LogP contribution in [0.5, 0.6) is 0 Å². The van der Waals surface area contributed by atoms with Gasteiger partial charge in [0.25, 0.3) is 5.91 Å². The molecule has 19 heavy (non-hydrogen) atoms. The summed E-state index contributed by atoms with van der Waals surface area (Å²) in [4.78, 5) is 16.9. The highest BCUT2D eigenvalue weighted by Crippen LogP contribution is 2.38. The fourth-order valence-electron chi connectivity index (χ4n) is 3.68. The van der Waals surface area contributed by atoms with Crippen molar-refractivity contribution in [3.8, 4) is 0 Å². The van der Waals surface area contributed by atoms with Crippen molar-refractivity contribution in [3.05, 3.63) is 34.4 Å².